The molecule has 1 amide bonds. The van der Waals surface area contributed by atoms with E-state index >= 15 is 0 Å². The fourth-order valence-electron chi connectivity index (χ4n) is 1.78. The van der Waals surface area contributed by atoms with Crippen LogP contribution in [-0.4, -0.2) is 23.2 Å². The van der Waals surface area contributed by atoms with Gasteiger partial charge in [0.05, 0.1) is 0 Å². The molecule has 0 fully saturated rings. The molecule has 0 atom stereocenters. The van der Waals surface area contributed by atoms with Crippen molar-refractivity contribution in [3.05, 3.63) is 60.2 Å². The van der Waals surface area contributed by atoms with E-state index in [0.29, 0.717) is 30.0 Å². The van der Waals surface area contributed by atoms with E-state index in [2.05, 4.69) is 10.3 Å². The van der Waals surface area contributed by atoms with E-state index in [1.807, 2.05) is 18.2 Å². The van der Waals surface area contributed by atoms with Crippen molar-refractivity contribution in [2.75, 3.05) is 12.3 Å². The van der Waals surface area contributed by atoms with E-state index in [9.17, 15) is 9.18 Å². The van der Waals surface area contributed by atoms with Crippen LogP contribution >= 0.6 is 11.8 Å². The lowest BCUT2D eigenvalue weighted by atomic mass is 10.2. The molecule has 2 aromatic rings. The molecule has 0 saturated carbocycles. The van der Waals surface area contributed by atoms with Crippen molar-refractivity contribution in [3.8, 4) is 0 Å². The van der Waals surface area contributed by atoms with Gasteiger partial charge in [-0.3, -0.25) is 9.78 Å². The zero-order valence-electron chi connectivity index (χ0n) is 11.6. The first-order valence-electron chi connectivity index (χ1n) is 6.79. The van der Waals surface area contributed by atoms with Crippen LogP contribution in [-0.2, 0) is 11.2 Å². The molecule has 3 nitrogen and oxygen atoms in total. The van der Waals surface area contributed by atoms with Crippen LogP contribution in [0.15, 0.2) is 53.6 Å². The number of halogens is 1. The maximum Gasteiger partial charge on any atom is 0.220 e. The molecule has 1 heterocycles. The second-order valence-corrected chi connectivity index (χ2v) is 5.59. The third-order valence-electron chi connectivity index (χ3n) is 2.85. The van der Waals surface area contributed by atoms with Crippen LogP contribution in [0.1, 0.15) is 12.1 Å². The van der Waals surface area contributed by atoms with E-state index in [4.69, 9.17) is 0 Å². The van der Waals surface area contributed by atoms with Gasteiger partial charge in [0, 0.05) is 41.9 Å². The highest BCUT2D eigenvalue weighted by atomic mass is 32.2. The second kappa shape index (κ2) is 8.42. The summed E-state index contributed by atoms with van der Waals surface area (Å²) in [4.78, 5) is 16.4. The van der Waals surface area contributed by atoms with Crippen molar-refractivity contribution in [2.45, 2.75) is 17.7 Å². The Kier molecular flexibility index (Phi) is 6.22. The summed E-state index contributed by atoms with van der Waals surface area (Å²) in [5.41, 5.74) is 0.957. The van der Waals surface area contributed by atoms with Crippen LogP contribution in [0.5, 0.6) is 0 Å². The van der Waals surface area contributed by atoms with Crippen LogP contribution in [0.2, 0.25) is 0 Å². The third-order valence-corrected chi connectivity index (χ3v) is 3.90. The summed E-state index contributed by atoms with van der Waals surface area (Å²) in [6.07, 6.45) is 2.83. The van der Waals surface area contributed by atoms with E-state index in [-0.39, 0.29) is 11.7 Å². The Hall–Kier alpha value is -1.88. The standard InChI is InChI=1S/C16H17FN2OS/c17-14-6-1-2-7-15(14)21-12-9-16(20)19-11-8-13-5-3-4-10-18-13/h1-7,10H,8-9,11-12H2,(H,19,20). The van der Waals surface area contributed by atoms with Crippen molar-refractivity contribution in [3.63, 3.8) is 0 Å². The first-order valence-corrected chi connectivity index (χ1v) is 7.78. The largest absolute Gasteiger partial charge is 0.356 e. The molecule has 0 aliphatic heterocycles. The normalized spacial score (nSPS) is 10.3. The topological polar surface area (TPSA) is 42.0 Å². The zero-order chi connectivity index (χ0) is 14.9. The van der Waals surface area contributed by atoms with Gasteiger partial charge >= 0.3 is 0 Å². The lowest BCUT2D eigenvalue weighted by Gasteiger charge is -2.05. The molecule has 21 heavy (non-hydrogen) atoms. The Morgan fingerprint density at radius 2 is 2.00 bits per heavy atom. The molecule has 0 aliphatic carbocycles. The Morgan fingerprint density at radius 1 is 1.19 bits per heavy atom. The Labute approximate surface area is 128 Å². The van der Waals surface area contributed by atoms with Gasteiger partial charge in [-0.2, -0.15) is 0 Å². The fourth-order valence-corrected chi connectivity index (χ4v) is 2.67. The molecule has 110 valence electrons. The summed E-state index contributed by atoms with van der Waals surface area (Å²) in [6, 6.07) is 12.3. The molecule has 0 radical (unpaired) electrons. The Morgan fingerprint density at radius 3 is 2.76 bits per heavy atom. The summed E-state index contributed by atoms with van der Waals surface area (Å²) < 4.78 is 13.4. The SMILES string of the molecule is O=C(CCSc1ccccc1F)NCCc1ccccn1. The van der Waals surface area contributed by atoms with Gasteiger partial charge in [0.2, 0.25) is 5.91 Å². The molecule has 2 rings (SSSR count). The number of nitrogens with zero attached hydrogens (tertiary/aromatic N) is 1. The summed E-state index contributed by atoms with van der Waals surface area (Å²) >= 11 is 1.36. The number of amides is 1. The molecular formula is C16H17FN2OS. The minimum atomic E-state index is -0.238. The number of hydrogen-bond donors (Lipinski definition) is 1. The van der Waals surface area contributed by atoms with Gasteiger partial charge in [-0.05, 0) is 24.3 Å². The number of thioether (sulfide) groups is 1. The highest BCUT2D eigenvalue weighted by Crippen LogP contribution is 2.21. The highest BCUT2D eigenvalue weighted by Gasteiger charge is 2.04. The molecule has 1 aromatic heterocycles. The van der Waals surface area contributed by atoms with Crippen LogP contribution in [0.4, 0.5) is 4.39 Å². The van der Waals surface area contributed by atoms with Gasteiger partial charge in [0.15, 0.2) is 0 Å². The lowest BCUT2D eigenvalue weighted by Crippen LogP contribution is -2.26. The molecule has 1 N–H and O–H groups in total. The van der Waals surface area contributed by atoms with Gasteiger partial charge in [-0.1, -0.05) is 18.2 Å². The number of pyridine rings is 1. The maximum absolute atomic E-state index is 13.4. The minimum Gasteiger partial charge on any atom is -0.356 e. The first kappa shape index (κ1) is 15.5. The highest BCUT2D eigenvalue weighted by molar-refractivity contribution is 7.99. The minimum absolute atomic E-state index is 0.0187. The van der Waals surface area contributed by atoms with Crippen molar-refractivity contribution in [1.82, 2.24) is 10.3 Å². The molecule has 0 bridgehead atoms. The quantitative estimate of drug-likeness (QED) is 0.799. The van der Waals surface area contributed by atoms with Crippen molar-refractivity contribution in [1.29, 1.82) is 0 Å². The van der Waals surface area contributed by atoms with E-state index in [1.165, 1.54) is 17.8 Å². The van der Waals surface area contributed by atoms with Gasteiger partial charge in [-0.15, -0.1) is 11.8 Å². The molecule has 5 heteroatoms. The number of benzene rings is 1. The number of nitrogens with one attached hydrogen (secondary N) is 1. The number of carbonyl (C=O) groups excluding carboxylic acids is 1. The Bertz CT molecular complexity index is 577. The number of rotatable bonds is 7. The summed E-state index contributed by atoms with van der Waals surface area (Å²) in [5.74, 6) is 0.309. The van der Waals surface area contributed by atoms with Gasteiger partial charge < -0.3 is 5.32 Å². The first-order chi connectivity index (χ1) is 10.3. The number of aromatic nitrogens is 1. The molecule has 0 spiro atoms. The summed E-state index contributed by atoms with van der Waals surface area (Å²) in [6.45, 7) is 0.570. The summed E-state index contributed by atoms with van der Waals surface area (Å²) in [7, 11) is 0. The maximum atomic E-state index is 13.4. The van der Waals surface area contributed by atoms with Crippen LogP contribution < -0.4 is 5.32 Å². The van der Waals surface area contributed by atoms with Crippen LogP contribution in [0.3, 0.4) is 0 Å². The second-order valence-electron chi connectivity index (χ2n) is 4.45. The van der Waals surface area contributed by atoms with Crippen molar-refractivity contribution in [2.24, 2.45) is 0 Å². The average molecular weight is 304 g/mol. The zero-order valence-corrected chi connectivity index (χ0v) is 12.4. The lowest BCUT2D eigenvalue weighted by molar-refractivity contribution is -0.120. The van der Waals surface area contributed by atoms with Gasteiger partial charge in [-0.25, -0.2) is 4.39 Å². The number of hydrogen-bond acceptors (Lipinski definition) is 3. The van der Waals surface area contributed by atoms with Crippen molar-refractivity contribution < 1.29 is 9.18 Å². The predicted molar refractivity (Wildman–Crippen MR) is 82.7 cm³/mol. The number of carbonyl (C=O) groups is 1. The van der Waals surface area contributed by atoms with Crippen molar-refractivity contribution >= 4 is 17.7 Å². The fraction of sp³-hybridized carbons (Fsp3) is 0.250. The van der Waals surface area contributed by atoms with Gasteiger partial charge in [0.25, 0.3) is 0 Å². The molecule has 1 aromatic carbocycles. The molecule has 0 aliphatic rings. The average Bonchev–Trinajstić information content (AvgIpc) is 2.50. The Balaban J connectivity index is 1.63. The van der Waals surface area contributed by atoms with Gasteiger partial charge in [0.1, 0.15) is 5.82 Å². The monoisotopic (exact) mass is 304 g/mol. The molecule has 0 saturated heterocycles. The van der Waals surface area contributed by atoms with Crippen LogP contribution in [0.25, 0.3) is 0 Å². The summed E-state index contributed by atoms with van der Waals surface area (Å²) in [5, 5.41) is 2.85. The van der Waals surface area contributed by atoms with E-state index in [1.54, 1.807) is 24.4 Å². The smallest absolute Gasteiger partial charge is 0.220 e. The van der Waals surface area contributed by atoms with E-state index in [0.717, 1.165) is 5.69 Å². The van der Waals surface area contributed by atoms with E-state index < -0.39 is 0 Å². The molecule has 0 unspecified atom stereocenters. The predicted octanol–water partition coefficient (Wildman–Crippen LogP) is 3.06. The van der Waals surface area contributed by atoms with Crippen LogP contribution in [0, 0.1) is 5.82 Å². The molecular weight excluding hydrogens is 287 g/mol. The third kappa shape index (κ3) is 5.55.